The molecule has 0 fully saturated rings. The molecule has 176 valence electrons. The Labute approximate surface area is 203 Å². The number of benzene rings is 3. The van der Waals surface area contributed by atoms with E-state index < -0.39 is 0 Å². The number of ether oxygens (including phenoxy) is 2. The lowest BCUT2D eigenvalue weighted by atomic mass is 10.0. The molecule has 1 aromatic heterocycles. The van der Waals surface area contributed by atoms with Crippen molar-refractivity contribution >= 4 is 22.8 Å². The molecule has 0 spiro atoms. The average molecular weight is 469 g/mol. The summed E-state index contributed by atoms with van der Waals surface area (Å²) in [7, 11) is 0. The zero-order valence-electron chi connectivity index (χ0n) is 19.5. The second-order valence-electron chi connectivity index (χ2n) is 8.95. The normalized spacial score (nSPS) is 16.3. The van der Waals surface area contributed by atoms with Gasteiger partial charge < -0.3 is 14.0 Å². The van der Waals surface area contributed by atoms with E-state index in [-0.39, 0.29) is 11.6 Å². The summed E-state index contributed by atoms with van der Waals surface area (Å²) in [5.74, 6) is 1.32. The predicted molar refractivity (Wildman–Crippen MR) is 133 cm³/mol. The van der Waals surface area contributed by atoms with Gasteiger partial charge in [0.2, 0.25) is 5.78 Å². The molecule has 2 aliphatic heterocycles. The van der Waals surface area contributed by atoms with Crippen LogP contribution in [0.1, 0.15) is 34.0 Å². The lowest BCUT2D eigenvalue weighted by Gasteiger charge is -2.29. The molecule has 0 saturated heterocycles. The number of allylic oxidation sites excluding steroid dienone is 1. The van der Waals surface area contributed by atoms with E-state index in [2.05, 4.69) is 34.7 Å². The van der Waals surface area contributed by atoms with E-state index in [9.17, 15) is 9.18 Å². The summed E-state index contributed by atoms with van der Waals surface area (Å²) in [6.07, 6.45) is 4.69. The SMILES string of the molecule is CCn1cc(/C=C2\Oc3c(ccc4c3CN(CCc3ccc(F)cc3)CO4)C2=O)c2ccccc21. The lowest BCUT2D eigenvalue weighted by molar-refractivity contribution is 0.0949. The molecule has 2 aliphatic rings. The van der Waals surface area contributed by atoms with Crippen molar-refractivity contribution in [1.82, 2.24) is 9.47 Å². The van der Waals surface area contributed by atoms with Gasteiger partial charge in [-0.25, -0.2) is 4.39 Å². The zero-order chi connectivity index (χ0) is 23.9. The minimum atomic E-state index is -0.232. The fraction of sp³-hybridized carbons (Fsp3) is 0.207. The van der Waals surface area contributed by atoms with E-state index in [4.69, 9.17) is 9.47 Å². The standard InChI is InChI=1S/C29H25FN2O3/c1-2-32-16-20(22-5-3-4-6-25(22)32)15-27-28(33)23-11-12-26-24(29(23)35-27)17-31(18-34-26)14-13-19-7-9-21(30)10-8-19/h3-12,15-16H,2,13-14,17-18H2,1H3/b27-15-. The van der Waals surface area contributed by atoms with Crippen LogP contribution in [0.25, 0.3) is 17.0 Å². The molecule has 0 atom stereocenters. The number of aryl methyl sites for hydroxylation is 1. The number of hydrogen-bond acceptors (Lipinski definition) is 4. The Morgan fingerprint density at radius 3 is 2.71 bits per heavy atom. The Bertz CT molecular complexity index is 1470. The van der Waals surface area contributed by atoms with Gasteiger partial charge in [-0.3, -0.25) is 9.69 Å². The monoisotopic (exact) mass is 468 g/mol. The molecule has 5 nitrogen and oxygen atoms in total. The molecule has 4 aromatic rings. The molecule has 3 aromatic carbocycles. The van der Waals surface area contributed by atoms with E-state index in [1.54, 1.807) is 18.2 Å². The van der Waals surface area contributed by atoms with Crippen molar-refractivity contribution in [3.05, 3.63) is 101 Å². The lowest BCUT2D eigenvalue weighted by Crippen LogP contribution is -2.33. The Morgan fingerprint density at radius 2 is 1.89 bits per heavy atom. The van der Waals surface area contributed by atoms with Crippen molar-refractivity contribution in [2.45, 2.75) is 26.4 Å². The summed E-state index contributed by atoms with van der Waals surface area (Å²) in [6.45, 7) is 4.78. The van der Waals surface area contributed by atoms with Gasteiger partial charge in [0, 0.05) is 42.3 Å². The number of carbonyl (C=O) groups excluding carboxylic acids is 1. The maximum atomic E-state index is 13.2. The summed E-state index contributed by atoms with van der Waals surface area (Å²) in [5, 5.41) is 1.09. The quantitative estimate of drug-likeness (QED) is 0.347. The molecule has 3 heterocycles. The molecular weight excluding hydrogens is 443 g/mol. The van der Waals surface area contributed by atoms with Crippen LogP contribution in [0.5, 0.6) is 11.5 Å². The van der Waals surface area contributed by atoms with Crippen molar-refractivity contribution in [2.24, 2.45) is 0 Å². The minimum absolute atomic E-state index is 0.112. The fourth-order valence-electron chi connectivity index (χ4n) is 4.88. The maximum Gasteiger partial charge on any atom is 0.231 e. The molecule has 6 heteroatoms. The molecule has 0 bridgehead atoms. The number of para-hydroxylation sites is 1. The first-order valence-corrected chi connectivity index (χ1v) is 11.9. The number of Topliss-reactive ketones (excluding diaryl/α,β-unsaturated/α-hetero) is 1. The van der Waals surface area contributed by atoms with Crippen LogP contribution in [0.3, 0.4) is 0 Å². The first kappa shape index (κ1) is 21.6. The third-order valence-corrected chi connectivity index (χ3v) is 6.76. The van der Waals surface area contributed by atoms with Crippen molar-refractivity contribution < 1.29 is 18.7 Å². The van der Waals surface area contributed by atoms with Crippen molar-refractivity contribution in [1.29, 1.82) is 0 Å². The number of carbonyl (C=O) groups is 1. The summed E-state index contributed by atoms with van der Waals surface area (Å²) < 4.78 is 27.5. The Hall–Kier alpha value is -3.90. The van der Waals surface area contributed by atoms with E-state index in [1.165, 1.54) is 12.1 Å². The fourth-order valence-corrected chi connectivity index (χ4v) is 4.88. The van der Waals surface area contributed by atoms with Crippen LogP contribution >= 0.6 is 0 Å². The Kier molecular flexibility index (Phi) is 5.38. The molecule has 0 saturated carbocycles. The molecule has 0 aliphatic carbocycles. The molecule has 0 unspecified atom stereocenters. The summed E-state index contributed by atoms with van der Waals surface area (Å²) in [5.41, 5.74) is 4.62. The van der Waals surface area contributed by atoms with E-state index >= 15 is 0 Å². The van der Waals surface area contributed by atoms with Gasteiger partial charge in [0.1, 0.15) is 24.0 Å². The molecular formula is C29H25FN2O3. The summed E-state index contributed by atoms with van der Waals surface area (Å²) >= 11 is 0. The van der Waals surface area contributed by atoms with Gasteiger partial charge in [0.05, 0.1) is 11.1 Å². The van der Waals surface area contributed by atoms with Crippen LogP contribution < -0.4 is 9.47 Å². The molecule has 6 rings (SSSR count). The predicted octanol–water partition coefficient (Wildman–Crippen LogP) is 5.81. The zero-order valence-corrected chi connectivity index (χ0v) is 19.5. The molecule has 0 radical (unpaired) electrons. The largest absolute Gasteiger partial charge is 0.478 e. The summed E-state index contributed by atoms with van der Waals surface area (Å²) in [6, 6.07) is 18.4. The van der Waals surface area contributed by atoms with Crippen molar-refractivity contribution in [2.75, 3.05) is 13.3 Å². The second-order valence-corrected chi connectivity index (χ2v) is 8.95. The number of rotatable bonds is 5. The van der Waals surface area contributed by atoms with Crippen LogP contribution in [-0.2, 0) is 19.5 Å². The highest BCUT2D eigenvalue weighted by atomic mass is 19.1. The average Bonchev–Trinajstić information content (AvgIpc) is 3.41. The third kappa shape index (κ3) is 3.90. The van der Waals surface area contributed by atoms with E-state index in [0.717, 1.165) is 52.9 Å². The molecule has 0 N–H and O–H groups in total. The van der Waals surface area contributed by atoms with Crippen LogP contribution in [0.2, 0.25) is 0 Å². The maximum absolute atomic E-state index is 13.2. The Balaban J connectivity index is 1.26. The highest BCUT2D eigenvalue weighted by Gasteiger charge is 2.33. The Morgan fingerprint density at radius 1 is 1.06 bits per heavy atom. The highest BCUT2D eigenvalue weighted by molar-refractivity contribution is 6.15. The van der Waals surface area contributed by atoms with E-state index in [1.807, 2.05) is 24.3 Å². The number of nitrogens with zero attached hydrogens (tertiary/aromatic N) is 2. The molecule has 0 amide bonds. The van der Waals surface area contributed by atoms with Crippen LogP contribution in [0.15, 0.2) is 72.6 Å². The minimum Gasteiger partial charge on any atom is -0.478 e. The van der Waals surface area contributed by atoms with Gasteiger partial charge in [-0.2, -0.15) is 0 Å². The smallest absolute Gasteiger partial charge is 0.231 e. The van der Waals surface area contributed by atoms with E-state index in [0.29, 0.717) is 30.3 Å². The van der Waals surface area contributed by atoms with Gasteiger partial charge in [0.15, 0.2) is 5.76 Å². The van der Waals surface area contributed by atoms with Gasteiger partial charge >= 0.3 is 0 Å². The number of halogens is 1. The first-order valence-electron chi connectivity index (χ1n) is 11.9. The number of ketones is 1. The molecule has 35 heavy (non-hydrogen) atoms. The van der Waals surface area contributed by atoms with Gasteiger partial charge in [-0.15, -0.1) is 0 Å². The van der Waals surface area contributed by atoms with Crippen LogP contribution in [0, 0.1) is 5.82 Å². The van der Waals surface area contributed by atoms with Gasteiger partial charge in [0.25, 0.3) is 0 Å². The van der Waals surface area contributed by atoms with Gasteiger partial charge in [-0.1, -0.05) is 30.3 Å². The number of fused-ring (bicyclic) bond motifs is 4. The first-order chi connectivity index (χ1) is 17.1. The summed E-state index contributed by atoms with van der Waals surface area (Å²) in [4.78, 5) is 15.4. The number of hydrogen-bond donors (Lipinski definition) is 0. The van der Waals surface area contributed by atoms with Crippen LogP contribution in [-0.4, -0.2) is 28.5 Å². The van der Waals surface area contributed by atoms with Crippen molar-refractivity contribution in [3.63, 3.8) is 0 Å². The third-order valence-electron chi connectivity index (χ3n) is 6.76. The van der Waals surface area contributed by atoms with Crippen LogP contribution in [0.4, 0.5) is 4.39 Å². The number of aromatic nitrogens is 1. The second kappa shape index (κ2) is 8.71. The van der Waals surface area contributed by atoms with Gasteiger partial charge in [-0.05, 0) is 55.3 Å². The highest BCUT2D eigenvalue weighted by Crippen LogP contribution is 2.42. The topological polar surface area (TPSA) is 43.7 Å². The van der Waals surface area contributed by atoms with Crippen molar-refractivity contribution in [3.8, 4) is 11.5 Å².